The van der Waals surface area contributed by atoms with Crippen LogP contribution < -0.4 is 5.32 Å². The average Bonchev–Trinajstić information content (AvgIpc) is 2.87. The molecule has 0 aliphatic heterocycles. The van der Waals surface area contributed by atoms with Crippen LogP contribution >= 0.6 is 0 Å². The van der Waals surface area contributed by atoms with Crippen molar-refractivity contribution in [2.75, 3.05) is 20.3 Å². The van der Waals surface area contributed by atoms with Crippen LogP contribution in [0.2, 0.25) is 0 Å². The fourth-order valence-electron chi connectivity index (χ4n) is 2.12. The molecule has 4 nitrogen and oxygen atoms in total. The van der Waals surface area contributed by atoms with E-state index in [2.05, 4.69) is 29.5 Å². The van der Waals surface area contributed by atoms with Gasteiger partial charge in [0.25, 0.3) is 0 Å². The molecule has 2 rings (SSSR count). The zero-order valence-electron chi connectivity index (χ0n) is 11.6. The van der Waals surface area contributed by atoms with Crippen LogP contribution in [-0.4, -0.2) is 30.0 Å². The second-order valence-electron chi connectivity index (χ2n) is 4.39. The molecule has 0 aliphatic carbocycles. The lowest BCUT2D eigenvalue weighted by molar-refractivity contribution is 0.199. The molecule has 1 heterocycles. The van der Waals surface area contributed by atoms with E-state index in [9.17, 15) is 0 Å². The van der Waals surface area contributed by atoms with Gasteiger partial charge in [0.05, 0.1) is 18.5 Å². The molecule has 1 N–H and O–H groups in total. The molecule has 19 heavy (non-hydrogen) atoms. The fraction of sp³-hybridized carbons (Fsp3) is 0.400. The van der Waals surface area contributed by atoms with E-state index in [0.29, 0.717) is 0 Å². The Labute approximate surface area is 114 Å². The summed E-state index contributed by atoms with van der Waals surface area (Å²) >= 11 is 0. The smallest absolute Gasteiger partial charge is 0.0648 e. The third-order valence-electron chi connectivity index (χ3n) is 3.09. The van der Waals surface area contributed by atoms with Crippen molar-refractivity contribution in [1.82, 2.24) is 15.1 Å². The Kier molecular flexibility index (Phi) is 5.12. The van der Waals surface area contributed by atoms with E-state index < -0.39 is 0 Å². The molecular formula is C15H21N3O. The molecule has 0 saturated carbocycles. The Balaban J connectivity index is 2.12. The van der Waals surface area contributed by atoms with Crippen molar-refractivity contribution in [2.24, 2.45) is 0 Å². The maximum Gasteiger partial charge on any atom is 0.0648 e. The summed E-state index contributed by atoms with van der Waals surface area (Å²) in [4.78, 5) is 0. The normalized spacial score (nSPS) is 10.8. The zero-order valence-corrected chi connectivity index (χ0v) is 11.6. The number of nitrogens with one attached hydrogen (secondary N) is 1. The van der Waals surface area contributed by atoms with Crippen LogP contribution in [0.25, 0.3) is 5.69 Å². The molecule has 0 aliphatic rings. The monoisotopic (exact) mass is 259 g/mol. The lowest BCUT2D eigenvalue weighted by Crippen LogP contribution is -2.19. The van der Waals surface area contributed by atoms with Crippen LogP contribution in [0.1, 0.15) is 18.2 Å². The van der Waals surface area contributed by atoms with Gasteiger partial charge in [0.2, 0.25) is 0 Å². The number of para-hydroxylation sites is 1. The summed E-state index contributed by atoms with van der Waals surface area (Å²) in [7, 11) is 1.71. The number of rotatable bonds is 7. The molecule has 0 unspecified atom stereocenters. The first-order valence-electron chi connectivity index (χ1n) is 6.67. The SMILES string of the molecule is CCc1c(CNCCOC)cnn1-c1ccccc1. The lowest BCUT2D eigenvalue weighted by Gasteiger charge is -2.08. The Hall–Kier alpha value is -1.65. The van der Waals surface area contributed by atoms with Crippen LogP contribution in [0.3, 0.4) is 0 Å². The molecule has 0 saturated heterocycles. The minimum absolute atomic E-state index is 0.730. The van der Waals surface area contributed by atoms with Gasteiger partial charge in [-0.25, -0.2) is 4.68 Å². The summed E-state index contributed by atoms with van der Waals surface area (Å²) in [6, 6.07) is 10.2. The second kappa shape index (κ2) is 7.07. The molecule has 1 aromatic heterocycles. The minimum Gasteiger partial charge on any atom is -0.383 e. The largest absolute Gasteiger partial charge is 0.383 e. The van der Waals surface area contributed by atoms with Crippen LogP contribution in [0.4, 0.5) is 0 Å². The zero-order chi connectivity index (χ0) is 13.5. The first kappa shape index (κ1) is 13.8. The van der Waals surface area contributed by atoms with Gasteiger partial charge in [-0.2, -0.15) is 5.10 Å². The van der Waals surface area contributed by atoms with Crippen LogP contribution in [0.15, 0.2) is 36.5 Å². The van der Waals surface area contributed by atoms with Crippen molar-refractivity contribution in [3.05, 3.63) is 47.8 Å². The van der Waals surface area contributed by atoms with Gasteiger partial charge in [-0.05, 0) is 18.6 Å². The highest BCUT2D eigenvalue weighted by Crippen LogP contribution is 2.15. The lowest BCUT2D eigenvalue weighted by atomic mass is 10.2. The molecule has 0 radical (unpaired) electrons. The maximum absolute atomic E-state index is 5.03. The summed E-state index contributed by atoms with van der Waals surface area (Å²) in [5.41, 5.74) is 3.63. The van der Waals surface area contributed by atoms with Crippen LogP contribution in [0, 0.1) is 0 Å². The van der Waals surface area contributed by atoms with Gasteiger partial charge in [-0.15, -0.1) is 0 Å². The Bertz CT molecular complexity index is 493. The van der Waals surface area contributed by atoms with Crippen LogP contribution in [-0.2, 0) is 17.7 Å². The van der Waals surface area contributed by atoms with E-state index in [-0.39, 0.29) is 0 Å². The molecule has 0 spiro atoms. The third kappa shape index (κ3) is 3.43. The minimum atomic E-state index is 0.730. The third-order valence-corrected chi connectivity index (χ3v) is 3.09. The predicted octanol–water partition coefficient (Wildman–Crippen LogP) is 2.17. The summed E-state index contributed by atoms with van der Waals surface area (Å²) in [5, 5.41) is 7.87. The summed E-state index contributed by atoms with van der Waals surface area (Å²) in [6.07, 6.45) is 2.92. The number of ether oxygens (including phenoxy) is 1. The summed E-state index contributed by atoms with van der Waals surface area (Å²) < 4.78 is 7.05. The van der Waals surface area contributed by atoms with Gasteiger partial charge < -0.3 is 10.1 Å². The molecule has 2 aromatic rings. The van der Waals surface area contributed by atoms with Crippen molar-refractivity contribution in [3.63, 3.8) is 0 Å². The molecule has 0 fully saturated rings. The Morgan fingerprint density at radius 1 is 1.26 bits per heavy atom. The van der Waals surface area contributed by atoms with Gasteiger partial charge in [0, 0.05) is 31.5 Å². The number of hydrogen-bond acceptors (Lipinski definition) is 3. The maximum atomic E-state index is 5.03. The summed E-state index contributed by atoms with van der Waals surface area (Å²) in [6.45, 7) is 4.58. The predicted molar refractivity (Wildman–Crippen MR) is 76.5 cm³/mol. The van der Waals surface area contributed by atoms with Crippen LogP contribution in [0.5, 0.6) is 0 Å². The number of benzene rings is 1. The number of hydrogen-bond donors (Lipinski definition) is 1. The standard InChI is InChI=1S/C15H21N3O/c1-3-15-13(11-16-9-10-19-2)12-17-18(15)14-7-5-4-6-8-14/h4-8,12,16H,3,9-11H2,1-2H3. The van der Waals surface area contributed by atoms with E-state index in [1.54, 1.807) is 7.11 Å². The average molecular weight is 259 g/mol. The first-order valence-corrected chi connectivity index (χ1v) is 6.67. The van der Waals surface area contributed by atoms with E-state index >= 15 is 0 Å². The highest BCUT2D eigenvalue weighted by molar-refractivity contribution is 5.34. The van der Waals surface area contributed by atoms with E-state index in [4.69, 9.17) is 4.74 Å². The van der Waals surface area contributed by atoms with Crippen molar-refractivity contribution in [3.8, 4) is 5.69 Å². The Morgan fingerprint density at radius 2 is 2.05 bits per heavy atom. The van der Waals surface area contributed by atoms with Gasteiger partial charge in [-0.3, -0.25) is 0 Å². The topological polar surface area (TPSA) is 39.1 Å². The van der Waals surface area contributed by atoms with Gasteiger partial charge in [-0.1, -0.05) is 25.1 Å². The highest BCUT2D eigenvalue weighted by atomic mass is 16.5. The quantitative estimate of drug-likeness (QED) is 0.775. The van der Waals surface area contributed by atoms with Crippen molar-refractivity contribution >= 4 is 0 Å². The molecular weight excluding hydrogens is 238 g/mol. The van der Waals surface area contributed by atoms with E-state index in [1.807, 2.05) is 29.1 Å². The number of methoxy groups -OCH3 is 1. The number of aromatic nitrogens is 2. The van der Waals surface area contributed by atoms with Gasteiger partial charge >= 0.3 is 0 Å². The van der Waals surface area contributed by atoms with Crippen molar-refractivity contribution in [1.29, 1.82) is 0 Å². The molecule has 0 atom stereocenters. The van der Waals surface area contributed by atoms with Gasteiger partial charge in [0.1, 0.15) is 0 Å². The molecule has 1 aromatic carbocycles. The second-order valence-corrected chi connectivity index (χ2v) is 4.39. The van der Waals surface area contributed by atoms with E-state index in [1.165, 1.54) is 11.3 Å². The molecule has 4 heteroatoms. The van der Waals surface area contributed by atoms with Gasteiger partial charge in [0.15, 0.2) is 0 Å². The van der Waals surface area contributed by atoms with Crippen molar-refractivity contribution < 1.29 is 4.74 Å². The Morgan fingerprint density at radius 3 is 2.74 bits per heavy atom. The number of nitrogens with zero attached hydrogens (tertiary/aromatic N) is 2. The van der Waals surface area contributed by atoms with Crippen molar-refractivity contribution in [2.45, 2.75) is 19.9 Å². The molecule has 0 bridgehead atoms. The van der Waals surface area contributed by atoms with E-state index in [0.717, 1.165) is 31.8 Å². The highest BCUT2D eigenvalue weighted by Gasteiger charge is 2.09. The fourth-order valence-corrected chi connectivity index (χ4v) is 2.12. The summed E-state index contributed by atoms with van der Waals surface area (Å²) in [5.74, 6) is 0. The molecule has 102 valence electrons. The molecule has 0 amide bonds. The first-order chi connectivity index (χ1) is 9.36.